The van der Waals surface area contributed by atoms with Crippen molar-refractivity contribution < 1.29 is 39.3 Å². The first kappa shape index (κ1) is 30.3. The Morgan fingerprint density at radius 2 is 1.91 bits per heavy atom. The van der Waals surface area contributed by atoms with Gasteiger partial charge in [-0.3, -0.25) is 19.5 Å². The number of aromatic nitrogens is 1. The summed E-state index contributed by atoms with van der Waals surface area (Å²) in [5, 5.41) is 50.7. The molecule has 222 valence electrons. The Kier molecular flexibility index (Phi) is 8.88. The van der Waals surface area contributed by atoms with Gasteiger partial charge in [0.25, 0.3) is 0 Å². The number of nitrogens with zero attached hydrogens (tertiary/aromatic N) is 2. The van der Waals surface area contributed by atoms with E-state index in [1.165, 1.54) is 36.4 Å². The summed E-state index contributed by atoms with van der Waals surface area (Å²) < 4.78 is 14.0. The molecule has 1 aliphatic carbocycles. The van der Waals surface area contributed by atoms with E-state index in [-0.39, 0.29) is 24.0 Å². The van der Waals surface area contributed by atoms with Crippen molar-refractivity contribution in [1.82, 2.24) is 4.98 Å². The predicted octanol–water partition coefficient (Wildman–Crippen LogP) is 2.42. The molecule has 1 aromatic heterocycles. The second-order valence-corrected chi connectivity index (χ2v) is 11.0. The first-order chi connectivity index (χ1) is 20.6. The summed E-state index contributed by atoms with van der Waals surface area (Å²) in [7, 11) is -1.77. The molecule has 2 heterocycles. The topological polar surface area (TPSA) is 151 Å². The molecule has 1 aliphatic heterocycles. The lowest BCUT2D eigenvalue weighted by Gasteiger charge is -2.35. The molecule has 0 bridgehead atoms. The summed E-state index contributed by atoms with van der Waals surface area (Å²) in [5.41, 5.74) is 3.41. The number of anilines is 1. The van der Waals surface area contributed by atoms with Crippen LogP contribution in [0.25, 0.3) is 11.6 Å². The molecule has 0 radical (unpaired) electrons. The molecule has 1 saturated heterocycles. The maximum atomic E-state index is 14.0. The molecular weight excluding hydrogens is 554 g/mol. The number of aliphatic hydroxyl groups excluding tert-OH is 2. The minimum absolute atomic E-state index is 0.129. The molecule has 43 heavy (non-hydrogen) atoms. The maximum Gasteiger partial charge on any atom is 0.488 e. The number of hydrogen-bond donors (Lipinski definition) is 5. The van der Waals surface area contributed by atoms with Crippen LogP contribution in [-0.4, -0.2) is 62.0 Å². The van der Waals surface area contributed by atoms with E-state index in [4.69, 9.17) is 0 Å². The number of aliphatic hydroxyl groups is 2. The van der Waals surface area contributed by atoms with Crippen molar-refractivity contribution in [3.63, 3.8) is 0 Å². The number of pyridine rings is 1. The lowest BCUT2D eigenvalue weighted by atomic mass is 9.68. The van der Waals surface area contributed by atoms with Crippen LogP contribution in [0.15, 0.2) is 78.0 Å². The van der Waals surface area contributed by atoms with Gasteiger partial charge in [-0.1, -0.05) is 29.8 Å². The molecule has 0 spiro atoms. The fraction of sp³-hybridized carbons (Fsp3) is 0.281. The van der Waals surface area contributed by atoms with Gasteiger partial charge in [0.05, 0.1) is 35.9 Å². The normalized spacial score (nSPS) is 21.3. The van der Waals surface area contributed by atoms with Crippen LogP contribution in [0.5, 0.6) is 5.75 Å². The van der Waals surface area contributed by atoms with Crippen molar-refractivity contribution in [2.24, 2.45) is 17.8 Å². The van der Waals surface area contributed by atoms with Crippen LogP contribution in [0.3, 0.4) is 0 Å². The molecule has 11 heteroatoms. The predicted molar refractivity (Wildman–Crippen MR) is 159 cm³/mol. The minimum atomic E-state index is -1.77. The Hall–Kier alpha value is -4.16. The second kappa shape index (κ2) is 12.6. The average Bonchev–Trinajstić information content (AvgIpc) is 3.25. The highest BCUT2D eigenvalue weighted by Gasteiger charge is 2.54. The van der Waals surface area contributed by atoms with Gasteiger partial charge in [-0.25, -0.2) is 4.39 Å². The molecule has 0 saturated carbocycles. The van der Waals surface area contributed by atoms with Crippen molar-refractivity contribution in [3.05, 3.63) is 95.1 Å². The summed E-state index contributed by atoms with van der Waals surface area (Å²) in [6.45, 7) is 1.33. The lowest BCUT2D eigenvalue weighted by molar-refractivity contribution is -0.123. The quantitative estimate of drug-likeness (QED) is 0.146. The maximum absolute atomic E-state index is 14.0. The second-order valence-electron chi connectivity index (χ2n) is 11.0. The number of carbonyl (C=O) groups excluding carboxylic acids is 2. The van der Waals surface area contributed by atoms with E-state index in [1.54, 1.807) is 37.4 Å². The SMILES string of the molecule is CC1=C([C@H](O)CC/C(=C/c2ccc(O)c(F)c2)c2ccccn2)[C@H](CO)[C@@H]2C(=O)N(c3cccc(B(O)O)c3)C(=O)[C@@H]2C1. The zero-order valence-electron chi connectivity index (χ0n) is 23.5. The van der Waals surface area contributed by atoms with Crippen molar-refractivity contribution in [3.8, 4) is 5.75 Å². The molecule has 9 nitrogen and oxygen atoms in total. The summed E-state index contributed by atoms with van der Waals surface area (Å²) in [6.07, 6.45) is 3.05. The molecule has 1 fully saturated rings. The summed E-state index contributed by atoms with van der Waals surface area (Å²) >= 11 is 0. The summed E-state index contributed by atoms with van der Waals surface area (Å²) in [4.78, 5) is 32.6. The number of allylic oxidation sites excluding steroid dienone is 2. The number of rotatable bonds is 9. The van der Waals surface area contributed by atoms with Crippen LogP contribution in [0.1, 0.15) is 37.4 Å². The zero-order chi connectivity index (χ0) is 30.8. The van der Waals surface area contributed by atoms with Gasteiger partial charge in [-0.15, -0.1) is 0 Å². The molecule has 2 aromatic carbocycles. The van der Waals surface area contributed by atoms with E-state index in [2.05, 4.69) is 4.98 Å². The minimum Gasteiger partial charge on any atom is -0.505 e. The van der Waals surface area contributed by atoms with Gasteiger partial charge < -0.3 is 25.4 Å². The standard InChI is InChI=1S/C32H32BFN2O7/c1-18-13-23-30(32(41)36(31(23)40)22-6-4-5-21(16-22)33(42)43)24(17-37)29(18)28(39)11-9-20(26-7-2-3-12-35-26)14-19-8-10-27(38)25(34)15-19/h2-8,10,12,14-16,23-24,28,30,37-39,42-43H,9,11,13,17H2,1H3/b20-14-/t23-,24+,28-,30-/m1/s1. The van der Waals surface area contributed by atoms with E-state index in [0.717, 1.165) is 10.5 Å². The Labute approximate surface area is 248 Å². The third kappa shape index (κ3) is 6.02. The van der Waals surface area contributed by atoms with E-state index in [1.807, 2.05) is 6.07 Å². The van der Waals surface area contributed by atoms with Gasteiger partial charge in [-0.05, 0) is 90.8 Å². The van der Waals surface area contributed by atoms with Crippen molar-refractivity contribution in [2.45, 2.75) is 32.3 Å². The van der Waals surface area contributed by atoms with Gasteiger partial charge in [-0.2, -0.15) is 0 Å². The van der Waals surface area contributed by atoms with E-state index in [9.17, 15) is 39.3 Å². The first-order valence-corrected chi connectivity index (χ1v) is 14.0. The smallest absolute Gasteiger partial charge is 0.488 e. The fourth-order valence-electron chi connectivity index (χ4n) is 6.28. The number of benzene rings is 2. The Morgan fingerprint density at radius 3 is 2.58 bits per heavy atom. The Balaban J connectivity index is 1.40. The molecule has 3 aromatic rings. The number of amides is 2. The van der Waals surface area contributed by atoms with E-state index >= 15 is 0 Å². The number of halogens is 1. The fourth-order valence-corrected chi connectivity index (χ4v) is 6.28. The third-order valence-corrected chi connectivity index (χ3v) is 8.30. The number of phenolic OH excluding ortho intramolecular Hbond substituents is 1. The lowest BCUT2D eigenvalue weighted by Crippen LogP contribution is -2.39. The molecule has 4 atom stereocenters. The van der Waals surface area contributed by atoms with Crippen LogP contribution < -0.4 is 10.4 Å². The Morgan fingerprint density at radius 1 is 1.12 bits per heavy atom. The van der Waals surface area contributed by atoms with Crippen LogP contribution in [0, 0.1) is 23.6 Å². The van der Waals surface area contributed by atoms with Gasteiger partial charge in [0.15, 0.2) is 11.6 Å². The zero-order valence-corrected chi connectivity index (χ0v) is 23.5. The van der Waals surface area contributed by atoms with Crippen molar-refractivity contribution in [2.75, 3.05) is 11.5 Å². The number of hydrogen-bond acceptors (Lipinski definition) is 8. The van der Waals surface area contributed by atoms with Crippen LogP contribution in [0.2, 0.25) is 0 Å². The highest BCUT2D eigenvalue weighted by atomic mass is 19.1. The van der Waals surface area contributed by atoms with Gasteiger partial charge in [0.1, 0.15) is 0 Å². The van der Waals surface area contributed by atoms with Crippen molar-refractivity contribution >= 4 is 41.7 Å². The van der Waals surface area contributed by atoms with Crippen molar-refractivity contribution in [1.29, 1.82) is 0 Å². The van der Waals surface area contributed by atoms with Gasteiger partial charge in [0, 0.05) is 12.1 Å². The highest BCUT2D eigenvalue weighted by Crippen LogP contribution is 2.47. The van der Waals surface area contributed by atoms with Crippen LogP contribution in [-0.2, 0) is 9.59 Å². The van der Waals surface area contributed by atoms with Gasteiger partial charge in [0.2, 0.25) is 11.8 Å². The highest BCUT2D eigenvalue weighted by molar-refractivity contribution is 6.58. The largest absolute Gasteiger partial charge is 0.505 e. The van der Waals surface area contributed by atoms with E-state index < -0.39 is 61.0 Å². The average molecular weight is 586 g/mol. The monoisotopic (exact) mass is 586 g/mol. The summed E-state index contributed by atoms with van der Waals surface area (Å²) in [6, 6.07) is 15.3. The molecule has 2 amide bonds. The van der Waals surface area contributed by atoms with Gasteiger partial charge >= 0.3 is 7.12 Å². The van der Waals surface area contributed by atoms with E-state index in [0.29, 0.717) is 28.8 Å². The number of fused-ring (bicyclic) bond motifs is 1. The molecule has 5 N–H and O–H groups in total. The molecule has 5 rings (SSSR count). The first-order valence-electron chi connectivity index (χ1n) is 14.0. The van der Waals surface area contributed by atoms with Crippen LogP contribution >= 0.6 is 0 Å². The third-order valence-electron chi connectivity index (χ3n) is 8.30. The number of aromatic hydroxyl groups is 1. The molecule has 0 unspecified atom stereocenters. The molecule has 2 aliphatic rings. The molecular formula is C32H32BFN2O7. The Bertz CT molecular complexity index is 1590. The number of imide groups is 1. The number of phenols is 1. The van der Waals surface area contributed by atoms with Crippen LogP contribution in [0.4, 0.5) is 10.1 Å². The summed E-state index contributed by atoms with van der Waals surface area (Å²) in [5.74, 6) is -4.59. The number of carbonyl (C=O) groups is 2.